The Morgan fingerprint density at radius 3 is 2.67 bits per heavy atom. The molecule has 3 heterocycles. The zero-order valence-electron chi connectivity index (χ0n) is 20.8. The quantitative estimate of drug-likeness (QED) is 0.148. The van der Waals surface area contributed by atoms with Crippen molar-refractivity contribution in [1.82, 2.24) is 30.1 Å². The molecule has 0 radical (unpaired) electrons. The van der Waals surface area contributed by atoms with Crippen LogP contribution < -0.4 is 20.1 Å². The number of fused-ring (bicyclic) bond motifs is 1. The number of aliphatic hydroxyl groups excluding tert-OH is 1. The summed E-state index contributed by atoms with van der Waals surface area (Å²) in [4.78, 5) is 5.41. The summed E-state index contributed by atoms with van der Waals surface area (Å²) in [6.45, 7) is 2.40. The van der Waals surface area contributed by atoms with Gasteiger partial charge in [-0.1, -0.05) is 4.49 Å². The number of aromatic nitrogens is 5. The second kappa shape index (κ2) is 14.0. The van der Waals surface area contributed by atoms with Crippen LogP contribution in [0.5, 0.6) is 11.5 Å². The number of nitrogens with zero attached hydrogens (tertiary/aromatic N) is 4. The molecular weight excluding hydrogens is 539 g/mol. The van der Waals surface area contributed by atoms with Gasteiger partial charge in [-0.2, -0.15) is 5.10 Å². The van der Waals surface area contributed by atoms with Crippen LogP contribution in [0.25, 0.3) is 21.6 Å². The Labute approximate surface area is 225 Å². The Morgan fingerprint density at radius 2 is 1.87 bits per heavy atom. The lowest BCUT2D eigenvalue weighted by atomic mass is 10.2. The maximum Gasteiger partial charge on any atom is 0.573 e. The van der Waals surface area contributed by atoms with Crippen LogP contribution in [0.2, 0.25) is 0 Å². The number of H-pyrrole nitrogens is 1. The summed E-state index contributed by atoms with van der Waals surface area (Å²) in [5, 5.41) is 27.2. The maximum atomic E-state index is 12.6. The third-order valence-electron chi connectivity index (χ3n) is 5.35. The van der Waals surface area contributed by atoms with Gasteiger partial charge in [0.15, 0.2) is 5.65 Å². The Morgan fingerprint density at radius 1 is 1.00 bits per heavy atom. The number of unbranched alkanes of at least 4 members (excludes halogenated alkanes) is 1. The number of alkyl halides is 3. The average Bonchev–Trinajstić information content (AvgIpc) is 3.60. The molecule has 210 valence electrons. The number of benzene rings is 1. The molecule has 0 aliphatic carbocycles. The van der Waals surface area contributed by atoms with Crippen molar-refractivity contribution in [2.24, 2.45) is 0 Å². The summed E-state index contributed by atoms with van der Waals surface area (Å²) in [5.74, 6) is -0.171. The highest BCUT2D eigenvalue weighted by Gasteiger charge is 2.31. The summed E-state index contributed by atoms with van der Waals surface area (Å²) >= 11 is 1.27. The third-order valence-corrected chi connectivity index (χ3v) is 6.04. The van der Waals surface area contributed by atoms with Crippen LogP contribution in [0.1, 0.15) is 18.4 Å². The highest BCUT2D eigenvalue weighted by Crippen LogP contribution is 2.29. The van der Waals surface area contributed by atoms with Crippen LogP contribution in [0, 0.1) is 0 Å². The van der Waals surface area contributed by atoms with E-state index in [2.05, 4.69) is 40.1 Å². The number of halogens is 3. The van der Waals surface area contributed by atoms with Crippen molar-refractivity contribution in [3.8, 4) is 22.1 Å². The lowest BCUT2D eigenvalue weighted by molar-refractivity contribution is -0.274. The second-order valence-electron chi connectivity index (χ2n) is 8.32. The predicted octanol–water partition coefficient (Wildman–Crippen LogP) is 3.74. The maximum absolute atomic E-state index is 12.6. The van der Waals surface area contributed by atoms with Crippen molar-refractivity contribution >= 4 is 28.3 Å². The fourth-order valence-electron chi connectivity index (χ4n) is 3.70. The predicted molar refractivity (Wildman–Crippen MR) is 139 cm³/mol. The Bertz CT molecular complexity index is 1300. The first kappa shape index (κ1) is 28.5. The minimum Gasteiger partial charge on any atom is -0.491 e. The van der Waals surface area contributed by atoms with Gasteiger partial charge in [-0.05, 0) is 54.7 Å². The number of aliphatic hydroxyl groups is 1. The zero-order chi connectivity index (χ0) is 27.5. The molecule has 15 heteroatoms. The number of hydrogen-bond donors (Lipinski definition) is 4. The number of pyridine rings is 1. The fourth-order valence-corrected chi connectivity index (χ4v) is 4.17. The minimum absolute atomic E-state index is 0.0281. The van der Waals surface area contributed by atoms with Gasteiger partial charge in [-0.25, -0.2) is 4.98 Å². The molecule has 0 aliphatic heterocycles. The van der Waals surface area contributed by atoms with E-state index in [9.17, 15) is 13.2 Å². The number of rotatable bonds is 16. The molecule has 0 bridgehead atoms. The molecule has 0 saturated heterocycles. The number of aromatic amines is 1. The van der Waals surface area contributed by atoms with E-state index in [4.69, 9.17) is 14.6 Å². The Hall–Kier alpha value is -3.53. The molecule has 0 atom stereocenters. The number of anilines is 1. The SMILES string of the molecule is OCCOc1cc(CNCCCCOCCNc2cc(-c3cnns3)nc3[nH]ncc23)cc(OC(F)(F)F)c1. The molecule has 0 fully saturated rings. The van der Waals surface area contributed by atoms with Crippen molar-refractivity contribution in [3.63, 3.8) is 0 Å². The largest absolute Gasteiger partial charge is 0.573 e. The molecule has 0 amide bonds. The lowest BCUT2D eigenvalue weighted by Crippen LogP contribution is -2.18. The molecule has 0 spiro atoms. The molecular formula is C24H28F3N7O4S. The van der Waals surface area contributed by atoms with E-state index in [1.54, 1.807) is 18.5 Å². The molecule has 4 N–H and O–H groups in total. The van der Waals surface area contributed by atoms with Gasteiger partial charge < -0.3 is 30.0 Å². The molecule has 0 saturated carbocycles. The van der Waals surface area contributed by atoms with E-state index in [0.717, 1.165) is 40.6 Å². The van der Waals surface area contributed by atoms with Crippen molar-refractivity contribution < 1.29 is 32.5 Å². The van der Waals surface area contributed by atoms with E-state index >= 15 is 0 Å². The summed E-state index contributed by atoms with van der Waals surface area (Å²) in [5.41, 5.74) is 2.89. The first-order valence-corrected chi connectivity index (χ1v) is 13.0. The van der Waals surface area contributed by atoms with Gasteiger partial charge in [0.05, 0.1) is 41.6 Å². The normalized spacial score (nSPS) is 11.7. The van der Waals surface area contributed by atoms with E-state index in [-0.39, 0.29) is 24.7 Å². The van der Waals surface area contributed by atoms with Crippen LogP contribution in [0.4, 0.5) is 18.9 Å². The van der Waals surface area contributed by atoms with E-state index in [0.29, 0.717) is 44.1 Å². The van der Waals surface area contributed by atoms with Gasteiger partial charge >= 0.3 is 6.36 Å². The van der Waals surface area contributed by atoms with Crippen LogP contribution in [-0.4, -0.2) is 75.8 Å². The average molecular weight is 568 g/mol. The van der Waals surface area contributed by atoms with E-state index in [1.807, 2.05) is 6.07 Å². The number of hydrogen-bond acceptors (Lipinski definition) is 11. The smallest absolute Gasteiger partial charge is 0.491 e. The molecule has 1 aromatic carbocycles. The molecule has 4 rings (SSSR count). The molecule has 4 aromatic rings. The topological polar surface area (TPSA) is 139 Å². The van der Waals surface area contributed by atoms with Gasteiger partial charge in [0.1, 0.15) is 18.1 Å². The Kier molecular flexibility index (Phi) is 10.2. The number of nitrogens with one attached hydrogen (secondary N) is 3. The molecule has 0 aliphatic rings. The van der Waals surface area contributed by atoms with Crippen molar-refractivity contribution in [1.29, 1.82) is 0 Å². The van der Waals surface area contributed by atoms with Crippen molar-refractivity contribution in [2.75, 3.05) is 44.8 Å². The summed E-state index contributed by atoms with van der Waals surface area (Å²) in [6.07, 6.45) is 0.227. The highest BCUT2D eigenvalue weighted by atomic mass is 32.1. The van der Waals surface area contributed by atoms with Gasteiger partial charge in [0, 0.05) is 31.5 Å². The standard InChI is InChI=1S/C24H28F3N7O4S/c25-24(26,27)38-18-10-16(9-17(11-18)37-8-5-35)13-28-3-1-2-6-36-7-4-29-20-12-21(22-15-31-34-39-22)32-23-19(20)14-30-33-23/h9-12,14-15,28,35H,1-8,13H2,(H2,29,30,32,33). The van der Waals surface area contributed by atoms with Crippen LogP contribution in [0.3, 0.4) is 0 Å². The monoisotopic (exact) mass is 567 g/mol. The van der Waals surface area contributed by atoms with Crippen LogP contribution in [0.15, 0.2) is 36.7 Å². The molecule has 11 nitrogen and oxygen atoms in total. The lowest BCUT2D eigenvalue weighted by Gasteiger charge is -2.13. The van der Waals surface area contributed by atoms with E-state index < -0.39 is 6.36 Å². The van der Waals surface area contributed by atoms with Crippen molar-refractivity contribution in [2.45, 2.75) is 25.7 Å². The Balaban J connectivity index is 1.14. The molecule has 39 heavy (non-hydrogen) atoms. The summed E-state index contributed by atoms with van der Waals surface area (Å²) in [7, 11) is 0. The fraction of sp³-hybridized carbons (Fsp3) is 0.417. The van der Waals surface area contributed by atoms with Gasteiger partial charge in [-0.3, -0.25) is 5.10 Å². The molecule has 0 unspecified atom stereocenters. The highest BCUT2D eigenvalue weighted by molar-refractivity contribution is 7.09. The summed E-state index contributed by atoms with van der Waals surface area (Å²) in [6, 6.07) is 5.99. The van der Waals surface area contributed by atoms with Crippen LogP contribution in [-0.2, 0) is 11.3 Å². The number of ether oxygens (including phenoxy) is 3. The summed E-state index contributed by atoms with van der Waals surface area (Å²) < 4.78 is 56.7. The second-order valence-corrected chi connectivity index (χ2v) is 9.11. The van der Waals surface area contributed by atoms with E-state index in [1.165, 1.54) is 17.6 Å². The first-order valence-electron chi connectivity index (χ1n) is 12.2. The third kappa shape index (κ3) is 9.02. The van der Waals surface area contributed by atoms with Crippen molar-refractivity contribution in [3.05, 3.63) is 42.2 Å². The van der Waals surface area contributed by atoms with Gasteiger partial charge in [0.25, 0.3) is 0 Å². The van der Waals surface area contributed by atoms with Crippen LogP contribution >= 0.6 is 11.5 Å². The van der Waals surface area contributed by atoms with Gasteiger partial charge in [0.2, 0.25) is 0 Å². The zero-order valence-corrected chi connectivity index (χ0v) is 21.6. The van der Waals surface area contributed by atoms with Gasteiger partial charge in [-0.15, -0.1) is 18.3 Å². The first-order chi connectivity index (χ1) is 18.9. The minimum atomic E-state index is -4.80. The molecule has 3 aromatic heterocycles.